The van der Waals surface area contributed by atoms with Crippen LogP contribution in [-0.4, -0.2) is 17.5 Å². The normalized spacial score (nSPS) is 11.8. The molecule has 0 bridgehead atoms. The van der Waals surface area contributed by atoms with E-state index < -0.39 is 11.4 Å². The van der Waals surface area contributed by atoms with Gasteiger partial charge in [-0.25, -0.2) is 4.79 Å². The van der Waals surface area contributed by atoms with Gasteiger partial charge in [0.15, 0.2) is 0 Å². The maximum atomic E-state index is 13.5. The fourth-order valence-electron chi connectivity index (χ4n) is 3.56. The largest absolute Gasteiger partial charge is 0.365 e. The van der Waals surface area contributed by atoms with Crippen LogP contribution in [0.25, 0.3) is 0 Å². The van der Waals surface area contributed by atoms with Gasteiger partial charge < -0.3 is 4.84 Å². The third-order valence-electron chi connectivity index (χ3n) is 5.59. The molecule has 0 aliphatic heterocycles. The molecule has 0 saturated heterocycles. The lowest BCUT2D eigenvalue weighted by atomic mass is 9.79. The molecule has 0 saturated carbocycles. The van der Waals surface area contributed by atoms with Crippen molar-refractivity contribution in [3.63, 3.8) is 0 Å². The summed E-state index contributed by atoms with van der Waals surface area (Å²) in [5, 5.41) is 4.13. The van der Waals surface area contributed by atoms with Gasteiger partial charge in [0, 0.05) is 20.8 Å². The van der Waals surface area contributed by atoms with Crippen molar-refractivity contribution in [2.75, 3.05) is 0 Å². The van der Waals surface area contributed by atoms with Crippen LogP contribution in [0.4, 0.5) is 0 Å². The van der Waals surface area contributed by atoms with Crippen molar-refractivity contribution in [3.8, 4) is 0 Å². The molecule has 0 aliphatic rings. The van der Waals surface area contributed by atoms with E-state index >= 15 is 0 Å². The molecule has 4 nitrogen and oxygen atoms in total. The van der Waals surface area contributed by atoms with E-state index in [9.17, 15) is 9.59 Å². The molecule has 176 valence electrons. The first-order valence-electron chi connectivity index (χ1n) is 11.6. The topological polar surface area (TPSA) is 55.7 Å². The molecule has 0 heterocycles. The molecule has 0 aromatic heterocycles. The second kappa shape index (κ2) is 12.3. The van der Waals surface area contributed by atoms with Crippen LogP contribution in [0, 0.1) is 5.41 Å². The SMILES string of the molecule is CCCCCC(C)(C)C(=NOC(=O)c1ccccc1)C(=O)c1ccc(Sc2ccccc2)cc1. The quantitative estimate of drug-likeness (QED) is 0.0936. The highest BCUT2D eigenvalue weighted by Crippen LogP contribution is 2.30. The summed E-state index contributed by atoms with van der Waals surface area (Å²) in [4.78, 5) is 33.4. The number of ketones is 1. The third-order valence-corrected chi connectivity index (χ3v) is 6.60. The summed E-state index contributed by atoms with van der Waals surface area (Å²) in [6, 6.07) is 26.2. The van der Waals surface area contributed by atoms with Gasteiger partial charge in [-0.2, -0.15) is 0 Å². The van der Waals surface area contributed by atoms with Crippen LogP contribution in [-0.2, 0) is 4.84 Å². The number of Topliss-reactive ketones (excluding diaryl/α,β-unsaturated/α-hetero) is 1. The van der Waals surface area contributed by atoms with Gasteiger partial charge >= 0.3 is 5.97 Å². The summed E-state index contributed by atoms with van der Waals surface area (Å²) in [6.45, 7) is 6.11. The molecular formula is C29H31NO3S. The van der Waals surface area contributed by atoms with E-state index in [-0.39, 0.29) is 11.5 Å². The molecule has 3 aromatic rings. The van der Waals surface area contributed by atoms with E-state index in [4.69, 9.17) is 4.84 Å². The van der Waals surface area contributed by atoms with Crippen molar-refractivity contribution < 1.29 is 14.4 Å². The molecule has 3 rings (SSSR count). The number of benzene rings is 3. The van der Waals surface area contributed by atoms with E-state index in [1.54, 1.807) is 36.0 Å². The Hall–Kier alpha value is -3.18. The van der Waals surface area contributed by atoms with E-state index in [2.05, 4.69) is 24.2 Å². The van der Waals surface area contributed by atoms with Gasteiger partial charge in [0.1, 0.15) is 5.71 Å². The van der Waals surface area contributed by atoms with Crippen molar-refractivity contribution in [1.29, 1.82) is 0 Å². The summed E-state index contributed by atoms with van der Waals surface area (Å²) in [7, 11) is 0. The van der Waals surface area contributed by atoms with Crippen LogP contribution in [0.5, 0.6) is 0 Å². The number of unbranched alkanes of at least 4 members (excludes halogenated alkanes) is 2. The molecule has 0 radical (unpaired) electrons. The zero-order chi connectivity index (χ0) is 24.4. The summed E-state index contributed by atoms with van der Waals surface area (Å²) in [6.07, 6.45) is 3.89. The number of oxime groups is 1. The first-order chi connectivity index (χ1) is 16.4. The highest BCUT2D eigenvalue weighted by molar-refractivity contribution is 7.99. The lowest BCUT2D eigenvalue weighted by Crippen LogP contribution is -2.32. The minimum atomic E-state index is -0.579. The van der Waals surface area contributed by atoms with Crippen molar-refractivity contribution in [2.24, 2.45) is 10.6 Å². The Morgan fingerprint density at radius 3 is 2.00 bits per heavy atom. The first-order valence-corrected chi connectivity index (χ1v) is 12.4. The Bertz CT molecular complexity index is 1110. The van der Waals surface area contributed by atoms with Gasteiger partial charge in [-0.15, -0.1) is 0 Å². The predicted molar refractivity (Wildman–Crippen MR) is 139 cm³/mol. The molecule has 0 aliphatic carbocycles. The number of rotatable bonds is 11. The van der Waals surface area contributed by atoms with Gasteiger partial charge in [-0.1, -0.05) is 93.3 Å². The van der Waals surface area contributed by atoms with E-state index in [0.29, 0.717) is 11.1 Å². The average Bonchev–Trinajstić information content (AvgIpc) is 2.85. The van der Waals surface area contributed by atoms with Gasteiger partial charge in [0.25, 0.3) is 0 Å². The Labute approximate surface area is 206 Å². The number of hydrogen-bond acceptors (Lipinski definition) is 5. The Balaban J connectivity index is 1.82. The third kappa shape index (κ3) is 7.16. The molecule has 0 atom stereocenters. The summed E-state index contributed by atoms with van der Waals surface area (Å²) >= 11 is 1.64. The van der Waals surface area contributed by atoms with Gasteiger partial charge in [0.05, 0.1) is 5.56 Å². The van der Waals surface area contributed by atoms with Crippen molar-refractivity contribution in [2.45, 2.75) is 56.2 Å². The Kier molecular flexibility index (Phi) is 9.23. The number of carbonyl (C=O) groups is 2. The molecule has 0 N–H and O–H groups in total. The molecule has 0 spiro atoms. The molecule has 3 aromatic carbocycles. The second-order valence-corrected chi connectivity index (χ2v) is 9.94. The fourth-order valence-corrected chi connectivity index (χ4v) is 4.39. The maximum Gasteiger partial charge on any atom is 0.365 e. The lowest BCUT2D eigenvalue weighted by molar-refractivity contribution is 0.0511. The smallest absolute Gasteiger partial charge is 0.312 e. The summed E-state index contributed by atoms with van der Waals surface area (Å²) in [5.74, 6) is -0.802. The van der Waals surface area contributed by atoms with Gasteiger partial charge in [0.2, 0.25) is 5.78 Å². The molecule has 0 fully saturated rings. The zero-order valence-corrected chi connectivity index (χ0v) is 20.8. The van der Waals surface area contributed by atoms with Crippen LogP contribution >= 0.6 is 11.8 Å². The second-order valence-electron chi connectivity index (χ2n) is 8.79. The molecule has 0 unspecified atom stereocenters. The van der Waals surface area contributed by atoms with Crippen LogP contribution < -0.4 is 0 Å². The van der Waals surface area contributed by atoms with Crippen LogP contribution in [0.3, 0.4) is 0 Å². The molecular weight excluding hydrogens is 442 g/mol. The number of hydrogen-bond donors (Lipinski definition) is 0. The minimum absolute atomic E-state index is 0.223. The van der Waals surface area contributed by atoms with Crippen LogP contribution in [0.1, 0.15) is 67.2 Å². The van der Waals surface area contributed by atoms with E-state index in [0.717, 1.165) is 35.5 Å². The lowest BCUT2D eigenvalue weighted by Gasteiger charge is -2.25. The van der Waals surface area contributed by atoms with Gasteiger partial charge in [-0.3, -0.25) is 4.79 Å². The first kappa shape index (κ1) is 25.4. The van der Waals surface area contributed by atoms with E-state index in [1.807, 2.05) is 62.4 Å². The minimum Gasteiger partial charge on any atom is -0.312 e. The van der Waals surface area contributed by atoms with Gasteiger partial charge in [-0.05, 0) is 55.0 Å². The zero-order valence-electron chi connectivity index (χ0n) is 20.0. The maximum absolute atomic E-state index is 13.5. The predicted octanol–water partition coefficient (Wildman–Crippen LogP) is 7.84. The fraction of sp³-hybridized carbons (Fsp3) is 0.276. The van der Waals surface area contributed by atoms with Crippen molar-refractivity contribution in [1.82, 2.24) is 0 Å². The average molecular weight is 474 g/mol. The summed E-state index contributed by atoms with van der Waals surface area (Å²) < 4.78 is 0. The van der Waals surface area contributed by atoms with Crippen molar-refractivity contribution >= 4 is 29.2 Å². The Morgan fingerprint density at radius 1 is 0.794 bits per heavy atom. The molecule has 0 amide bonds. The van der Waals surface area contributed by atoms with Crippen molar-refractivity contribution in [3.05, 3.63) is 96.1 Å². The van der Waals surface area contributed by atoms with E-state index in [1.165, 1.54) is 0 Å². The number of nitrogens with zero attached hydrogens (tertiary/aromatic N) is 1. The van der Waals surface area contributed by atoms with Crippen LogP contribution in [0.15, 0.2) is 99.9 Å². The monoisotopic (exact) mass is 473 g/mol. The standard InChI is InChI=1S/C29H31NO3S/c1-4-5-12-21-29(2,3)27(30-33-28(32)23-13-8-6-9-14-23)26(31)22-17-19-25(20-18-22)34-24-15-10-7-11-16-24/h6-11,13-20H,4-5,12,21H2,1-3H3. The highest BCUT2D eigenvalue weighted by atomic mass is 32.2. The molecule has 34 heavy (non-hydrogen) atoms. The molecule has 5 heteroatoms. The number of carbonyl (C=O) groups excluding carboxylic acids is 2. The highest BCUT2D eigenvalue weighted by Gasteiger charge is 2.32. The Morgan fingerprint density at radius 2 is 1.38 bits per heavy atom. The summed E-state index contributed by atoms with van der Waals surface area (Å²) in [5.41, 5.74) is 0.636. The van der Waals surface area contributed by atoms with Crippen LogP contribution in [0.2, 0.25) is 0 Å².